The Morgan fingerprint density at radius 2 is 2.38 bits per heavy atom. The van der Waals surface area contributed by atoms with Crippen molar-refractivity contribution < 1.29 is 9.53 Å². The van der Waals surface area contributed by atoms with E-state index in [-0.39, 0.29) is 5.97 Å². The number of thiazole rings is 1. The first-order valence-electron chi connectivity index (χ1n) is 5.34. The van der Waals surface area contributed by atoms with Crippen LogP contribution >= 0.6 is 11.3 Å². The third-order valence-electron chi connectivity index (χ3n) is 2.12. The molecule has 0 aliphatic heterocycles. The minimum absolute atomic E-state index is 0.216. The molecular weight excluding hydrogens is 224 g/mol. The second-order valence-corrected chi connectivity index (χ2v) is 4.67. The fourth-order valence-electron chi connectivity index (χ4n) is 1.37. The van der Waals surface area contributed by atoms with E-state index in [0.717, 1.165) is 18.5 Å². The standard InChI is InChI=1S/C11H18N2O2S/c1-4-5-10-12-9(8-16-10)6-13(2)7-11(14)15-3/h8H,4-7H2,1-3H3. The molecule has 1 rings (SSSR count). The molecular formula is C11H18N2O2S. The van der Waals surface area contributed by atoms with E-state index in [9.17, 15) is 4.79 Å². The van der Waals surface area contributed by atoms with E-state index in [2.05, 4.69) is 22.0 Å². The number of methoxy groups -OCH3 is 1. The SMILES string of the molecule is CCCc1nc(CN(C)CC(=O)OC)cs1. The molecule has 4 nitrogen and oxygen atoms in total. The highest BCUT2D eigenvalue weighted by molar-refractivity contribution is 7.09. The van der Waals surface area contributed by atoms with Crippen molar-refractivity contribution in [3.05, 3.63) is 16.1 Å². The predicted molar refractivity (Wildman–Crippen MR) is 64.5 cm³/mol. The number of esters is 1. The lowest BCUT2D eigenvalue weighted by Crippen LogP contribution is -2.26. The molecule has 1 aromatic rings. The van der Waals surface area contributed by atoms with E-state index >= 15 is 0 Å². The van der Waals surface area contributed by atoms with E-state index in [0.29, 0.717) is 13.1 Å². The number of rotatable bonds is 6. The Balaban J connectivity index is 2.43. The summed E-state index contributed by atoms with van der Waals surface area (Å²) in [5.41, 5.74) is 1.03. The van der Waals surface area contributed by atoms with Crippen LogP contribution in [0.4, 0.5) is 0 Å². The average Bonchev–Trinajstić information content (AvgIpc) is 2.65. The second kappa shape index (κ2) is 6.60. The van der Waals surface area contributed by atoms with Crippen LogP contribution in [-0.2, 0) is 22.5 Å². The predicted octanol–water partition coefficient (Wildman–Crippen LogP) is 1.70. The lowest BCUT2D eigenvalue weighted by molar-refractivity contribution is -0.141. The maximum Gasteiger partial charge on any atom is 0.319 e. The Hall–Kier alpha value is -0.940. The second-order valence-electron chi connectivity index (χ2n) is 3.73. The van der Waals surface area contributed by atoms with Crippen molar-refractivity contribution in [2.75, 3.05) is 20.7 Å². The number of nitrogens with zero attached hydrogens (tertiary/aromatic N) is 2. The van der Waals surface area contributed by atoms with E-state index < -0.39 is 0 Å². The number of ether oxygens (including phenoxy) is 1. The van der Waals surface area contributed by atoms with Gasteiger partial charge in [0.2, 0.25) is 0 Å². The van der Waals surface area contributed by atoms with Crippen molar-refractivity contribution in [1.29, 1.82) is 0 Å². The van der Waals surface area contributed by atoms with Gasteiger partial charge >= 0.3 is 5.97 Å². The summed E-state index contributed by atoms with van der Waals surface area (Å²) in [6, 6.07) is 0. The summed E-state index contributed by atoms with van der Waals surface area (Å²) < 4.78 is 4.60. The Morgan fingerprint density at radius 1 is 1.62 bits per heavy atom. The van der Waals surface area contributed by atoms with Crippen LogP contribution < -0.4 is 0 Å². The monoisotopic (exact) mass is 242 g/mol. The first kappa shape index (κ1) is 13.1. The van der Waals surface area contributed by atoms with E-state index in [1.165, 1.54) is 12.1 Å². The van der Waals surface area contributed by atoms with Gasteiger partial charge in [0.15, 0.2) is 0 Å². The average molecular weight is 242 g/mol. The molecule has 0 atom stereocenters. The molecule has 1 aromatic heterocycles. The van der Waals surface area contributed by atoms with Gasteiger partial charge in [-0.2, -0.15) is 0 Å². The summed E-state index contributed by atoms with van der Waals surface area (Å²) in [5.74, 6) is -0.216. The minimum Gasteiger partial charge on any atom is -0.468 e. The van der Waals surface area contributed by atoms with Crippen molar-refractivity contribution in [1.82, 2.24) is 9.88 Å². The molecule has 0 spiro atoms. The van der Waals surface area contributed by atoms with Gasteiger partial charge in [-0.25, -0.2) is 4.98 Å². The van der Waals surface area contributed by atoms with E-state index in [1.54, 1.807) is 11.3 Å². The van der Waals surface area contributed by atoms with Crippen LogP contribution in [0.25, 0.3) is 0 Å². The number of aromatic nitrogens is 1. The molecule has 0 aromatic carbocycles. The van der Waals surface area contributed by atoms with Crippen LogP contribution in [0.3, 0.4) is 0 Å². The summed E-state index contributed by atoms with van der Waals surface area (Å²) in [6.45, 7) is 3.14. The maximum absolute atomic E-state index is 11.0. The summed E-state index contributed by atoms with van der Waals surface area (Å²) >= 11 is 1.69. The Labute approximate surface area is 100 Å². The van der Waals surface area contributed by atoms with E-state index in [1.807, 2.05) is 11.9 Å². The summed E-state index contributed by atoms with van der Waals surface area (Å²) in [5, 5.41) is 3.22. The van der Waals surface area contributed by atoms with Gasteiger partial charge in [-0.15, -0.1) is 11.3 Å². The molecule has 0 unspecified atom stereocenters. The van der Waals surface area contributed by atoms with Crippen molar-refractivity contribution in [2.24, 2.45) is 0 Å². The van der Waals surface area contributed by atoms with Crippen LogP contribution in [0, 0.1) is 0 Å². The van der Waals surface area contributed by atoms with Crippen molar-refractivity contribution >= 4 is 17.3 Å². The number of aryl methyl sites for hydroxylation is 1. The van der Waals surface area contributed by atoms with Gasteiger partial charge in [-0.05, 0) is 19.9 Å². The van der Waals surface area contributed by atoms with Gasteiger partial charge in [-0.3, -0.25) is 9.69 Å². The van der Waals surface area contributed by atoms with Gasteiger partial charge in [0.1, 0.15) is 0 Å². The van der Waals surface area contributed by atoms with Gasteiger partial charge in [0, 0.05) is 11.9 Å². The van der Waals surface area contributed by atoms with Crippen LogP contribution in [0.15, 0.2) is 5.38 Å². The first-order chi connectivity index (χ1) is 7.65. The number of carbonyl (C=O) groups excluding carboxylic acids is 1. The number of likely N-dealkylation sites (N-methyl/N-ethyl adjacent to an activating group) is 1. The van der Waals surface area contributed by atoms with Gasteiger partial charge in [0.25, 0.3) is 0 Å². The number of hydrogen-bond acceptors (Lipinski definition) is 5. The fraction of sp³-hybridized carbons (Fsp3) is 0.636. The number of hydrogen-bond donors (Lipinski definition) is 0. The molecule has 0 aliphatic carbocycles. The van der Waals surface area contributed by atoms with Crippen molar-refractivity contribution in [3.63, 3.8) is 0 Å². The maximum atomic E-state index is 11.0. The lowest BCUT2D eigenvalue weighted by Gasteiger charge is -2.12. The molecule has 0 saturated carbocycles. The first-order valence-corrected chi connectivity index (χ1v) is 6.22. The molecule has 0 fully saturated rings. The van der Waals surface area contributed by atoms with Gasteiger partial charge in [-0.1, -0.05) is 6.92 Å². The van der Waals surface area contributed by atoms with Crippen LogP contribution in [-0.4, -0.2) is 36.6 Å². The Kier molecular flexibility index (Phi) is 5.42. The van der Waals surface area contributed by atoms with Crippen molar-refractivity contribution in [2.45, 2.75) is 26.3 Å². The fourth-order valence-corrected chi connectivity index (χ4v) is 2.26. The van der Waals surface area contributed by atoms with Crippen LogP contribution in [0.2, 0.25) is 0 Å². The third-order valence-corrected chi connectivity index (χ3v) is 3.08. The molecule has 0 aliphatic rings. The zero-order valence-corrected chi connectivity index (χ0v) is 10.8. The van der Waals surface area contributed by atoms with Gasteiger partial charge < -0.3 is 4.74 Å². The zero-order valence-electron chi connectivity index (χ0n) is 10.0. The largest absolute Gasteiger partial charge is 0.468 e. The zero-order chi connectivity index (χ0) is 12.0. The van der Waals surface area contributed by atoms with Crippen LogP contribution in [0.5, 0.6) is 0 Å². The minimum atomic E-state index is -0.216. The van der Waals surface area contributed by atoms with E-state index in [4.69, 9.17) is 0 Å². The van der Waals surface area contributed by atoms with Crippen LogP contribution in [0.1, 0.15) is 24.0 Å². The highest BCUT2D eigenvalue weighted by Gasteiger charge is 2.08. The molecule has 0 bridgehead atoms. The van der Waals surface area contributed by atoms with Gasteiger partial charge in [0.05, 0.1) is 24.4 Å². The third kappa shape index (κ3) is 4.28. The Bertz CT molecular complexity index is 338. The highest BCUT2D eigenvalue weighted by atomic mass is 32.1. The van der Waals surface area contributed by atoms with Crippen molar-refractivity contribution in [3.8, 4) is 0 Å². The highest BCUT2D eigenvalue weighted by Crippen LogP contribution is 2.12. The quantitative estimate of drug-likeness (QED) is 0.712. The molecule has 0 radical (unpaired) electrons. The summed E-state index contributed by atoms with van der Waals surface area (Å²) in [4.78, 5) is 17.4. The summed E-state index contributed by atoms with van der Waals surface area (Å²) in [6.07, 6.45) is 2.15. The molecule has 16 heavy (non-hydrogen) atoms. The smallest absolute Gasteiger partial charge is 0.319 e. The normalized spacial score (nSPS) is 10.8. The molecule has 5 heteroatoms. The lowest BCUT2D eigenvalue weighted by atomic mass is 10.3. The molecule has 0 N–H and O–H groups in total. The Morgan fingerprint density at radius 3 is 3.00 bits per heavy atom. The molecule has 0 amide bonds. The summed E-state index contributed by atoms with van der Waals surface area (Å²) in [7, 11) is 3.29. The molecule has 1 heterocycles. The molecule has 0 saturated heterocycles. The number of carbonyl (C=O) groups is 1. The molecule has 90 valence electrons. The topological polar surface area (TPSA) is 42.4 Å².